The van der Waals surface area contributed by atoms with Crippen molar-refractivity contribution in [2.45, 2.75) is 19.4 Å². The Morgan fingerprint density at radius 1 is 1.22 bits per heavy atom. The van der Waals surface area contributed by atoms with Crippen LogP contribution in [0.15, 0.2) is 36.7 Å². The summed E-state index contributed by atoms with van der Waals surface area (Å²) in [6.45, 7) is 2.11. The van der Waals surface area contributed by atoms with Gasteiger partial charge in [-0.2, -0.15) is 0 Å². The Hall–Kier alpha value is -1.94. The number of hydrogen-bond donors (Lipinski definition) is 1. The third kappa shape index (κ3) is 2.33. The van der Waals surface area contributed by atoms with Crippen molar-refractivity contribution < 1.29 is 4.74 Å². The Labute approximate surface area is 107 Å². The number of methoxy groups -OCH3 is 1. The van der Waals surface area contributed by atoms with Crippen molar-refractivity contribution in [2.24, 2.45) is 5.73 Å². The third-order valence-corrected chi connectivity index (χ3v) is 2.95. The topological polar surface area (TPSA) is 61.0 Å². The first-order valence-corrected chi connectivity index (χ1v) is 5.96. The molecule has 1 aromatic carbocycles. The maximum absolute atomic E-state index is 6.29. The van der Waals surface area contributed by atoms with E-state index < -0.39 is 0 Å². The van der Waals surface area contributed by atoms with E-state index in [9.17, 15) is 0 Å². The first kappa shape index (κ1) is 12.5. The summed E-state index contributed by atoms with van der Waals surface area (Å²) in [5.74, 6) is 0.482. The number of rotatable bonds is 4. The standard InChI is InChI=1S/C14H17N3O/c1-3-10-6-4-5-7-11(10)12(15)13-14(18-2)17-9-8-16-13/h4-9,12H,3,15H2,1-2H3. The molecule has 0 radical (unpaired) electrons. The highest BCUT2D eigenvalue weighted by molar-refractivity contribution is 5.37. The Kier molecular flexibility index (Phi) is 3.89. The van der Waals surface area contributed by atoms with E-state index in [1.807, 2.05) is 18.2 Å². The molecule has 18 heavy (non-hydrogen) atoms. The fourth-order valence-corrected chi connectivity index (χ4v) is 2.01. The van der Waals surface area contributed by atoms with Crippen molar-refractivity contribution in [3.8, 4) is 5.88 Å². The normalized spacial score (nSPS) is 12.2. The van der Waals surface area contributed by atoms with Gasteiger partial charge in [-0.1, -0.05) is 31.2 Å². The second-order valence-corrected chi connectivity index (χ2v) is 3.98. The molecule has 0 aliphatic carbocycles. The van der Waals surface area contributed by atoms with Crippen LogP contribution in [0.3, 0.4) is 0 Å². The maximum atomic E-state index is 6.29. The number of benzene rings is 1. The van der Waals surface area contributed by atoms with E-state index in [0.29, 0.717) is 11.6 Å². The molecule has 94 valence electrons. The fraction of sp³-hybridized carbons (Fsp3) is 0.286. The Bertz CT molecular complexity index is 480. The Morgan fingerprint density at radius 3 is 2.67 bits per heavy atom. The smallest absolute Gasteiger partial charge is 0.237 e. The fourth-order valence-electron chi connectivity index (χ4n) is 2.01. The van der Waals surface area contributed by atoms with Crippen LogP contribution >= 0.6 is 0 Å². The summed E-state index contributed by atoms with van der Waals surface area (Å²) in [7, 11) is 1.58. The van der Waals surface area contributed by atoms with E-state index in [2.05, 4.69) is 23.0 Å². The zero-order valence-electron chi connectivity index (χ0n) is 10.6. The Balaban J connectivity index is 2.44. The summed E-state index contributed by atoms with van der Waals surface area (Å²) in [5, 5.41) is 0. The van der Waals surface area contributed by atoms with Crippen LogP contribution in [0.4, 0.5) is 0 Å². The molecule has 0 bridgehead atoms. The van der Waals surface area contributed by atoms with Crippen LogP contribution in [0.5, 0.6) is 5.88 Å². The van der Waals surface area contributed by atoms with Gasteiger partial charge in [0.1, 0.15) is 5.69 Å². The molecule has 0 saturated carbocycles. The molecule has 2 rings (SSSR count). The molecule has 0 amide bonds. The minimum Gasteiger partial charge on any atom is -0.480 e. The molecule has 0 spiro atoms. The predicted octanol–water partition coefficient (Wildman–Crippen LogP) is 2.10. The van der Waals surface area contributed by atoms with E-state index in [0.717, 1.165) is 12.0 Å². The van der Waals surface area contributed by atoms with Crippen molar-refractivity contribution in [3.63, 3.8) is 0 Å². The van der Waals surface area contributed by atoms with E-state index in [1.54, 1.807) is 19.5 Å². The van der Waals surface area contributed by atoms with Gasteiger partial charge in [-0.25, -0.2) is 4.98 Å². The van der Waals surface area contributed by atoms with Gasteiger partial charge in [0.05, 0.1) is 13.2 Å². The summed E-state index contributed by atoms with van der Waals surface area (Å²) in [6.07, 6.45) is 4.17. The van der Waals surface area contributed by atoms with Crippen LogP contribution in [0.1, 0.15) is 29.8 Å². The largest absolute Gasteiger partial charge is 0.480 e. The number of hydrogen-bond acceptors (Lipinski definition) is 4. The molecule has 1 heterocycles. The highest BCUT2D eigenvalue weighted by Gasteiger charge is 2.18. The molecule has 0 aliphatic heterocycles. The van der Waals surface area contributed by atoms with Crippen LogP contribution in [0, 0.1) is 0 Å². The molecule has 1 atom stereocenters. The van der Waals surface area contributed by atoms with E-state index in [4.69, 9.17) is 10.5 Å². The molecule has 2 aromatic rings. The summed E-state index contributed by atoms with van der Waals surface area (Å²) in [6, 6.07) is 7.79. The van der Waals surface area contributed by atoms with Crippen molar-refractivity contribution in [1.29, 1.82) is 0 Å². The lowest BCUT2D eigenvalue weighted by Gasteiger charge is -2.16. The van der Waals surface area contributed by atoms with E-state index in [1.165, 1.54) is 5.56 Å². The van der Waals surface area contributed by atoms with Gasteiger partial charge in [0.2, 0.25) is 5.88 Å². The first-order valence-electron chi connectivity index (χ1n) is 5.96. The van der Waals surface area contributed by atoms with Crippen LogP contribution in [-0.4, -0.2) is 17.1 Å². The van der Waals surface area contributed by atoms with Gasteiger partial charge >= 0.3 is 0 Å². The van der Waals surface area contributed by atoms with Gasteiger partial charge in [-0.3, -0.25) is 4.98 Å². The summed E-state index contributed by atoms with van der Waals surface area (Å²) in [4.78, 5) is 8.42. The number of nitrogens with zero attached hydrogens (tertiary/aromatic N) is 2. The molecular formula is C14H17N3O. The number of ether oxygens (including phenoxy) is 1. The molecule has 0 aliphatic rings. The molecule has 0 saturated heterocycles. The van der Waals surface area contributed by atoms with Crippen molar-refractivity contribution >= 4 is 0 Å². The number of aromatic nitrogens is 2. The van der Waals surface area contributed by atoms with Crippen molar-refractivity contribution in [3.05, 3.63) is 53.5 Å². The summed E-state index contributed by atoms with van der Waals surface area (Å²) >= 11 is 0. The Morgan fingerprint density at radius 2 is 1.94 bits per heavy atom. The quantitative estimate of drug-likeness (QED) is 0.893. The average molecular weight is 243 g/mol. The number of aryl methyl sites for hydroxylation is 1. The average Bonchev–Trinajstić information content (AvgIpc) is 2.46. The van der Waals surface area contributed by atoms with Gasteiger partial charge in [0, 0.05) is 12.4 Å². The van der Waals surface area contributed by atoms with Gasteiger partial charge in [0.15, 0.2) is 0 Å². The molecular weight excluding hydrogens is 226 g/mol. The molecule has 2 N–H and O–H groups in total. The second-order valence-electron chi connectivity index (χ2n) is 3.98. The van der Waals surface area contributed by atoms with Gasteiger partial charge in [0.25, 0.3) is 0 Å². The monoisotopic (exact) mass is 243 g/mol. The molecule has 1 unspecified atom stereocenters. The van der Waals surface area contributed by atoms with Crippen LogP contribution in [0.25, 0.3) is 0 Å². The number of nitrogens with two attached hydrogens (primary N) is 1. The SMILES string of the molecule is CCc1ccccc1C(N)c1nccnc1OC. The lowest BCUT2D eigenvalue weighted by atomic mass is 9.97. The lowest BCUT2D eigenvalue weighted by Crippen LogP contribution is -2.17. The lowest BCUT2D eigenvalue weighted by molar-refractivity contribution is 0.387. The summed E-state index contributed by atoms with van der Waals surface area (Å²) < 4.78 is 5.21. The van der Waals surface area contributed by atoms with Crippen molar-refractivity contribution in [1.82, 2.24) is 9.97 Å². The first-order chi connectivity index (χ1) is 8.77. The molecule has 4 nitrogen and oxygen atoms in total. The van der Waals surface area contributed by atoms with E-state index in [-0.39, 0.29) is 6.04 Å². The highest BCUT2D eigenvalue weighted by Crippen LogP contribution is 2.26. The molecule has 0 fully saturated rings. The molecule has 4 heteroatoms. The van der Waals surface area contributed by atoms with Crippen LogP contribution in [0.2, 0.25) is 0 Å². The van der Waals surface area contributed by atoms with Crippen LogP contribution < -0.4 is 10.5 Å². The minimum absolute atomic E-state index is 0.315. The zero-order chi connectivity index (χ0) is 13.0. The molecule has 1 aromatic heterocycles. The third-order valence-electron chi connectivity index (χ3n) is 2.95. The minimum atomic E-state index is -0.315. The predicted molar refractivity (Wildman–Crippen MR) is 70.4 cm³/mol. The zero-order valence-corrected chi connectivity index (χ0v) is 10.6. The highest BCUT2D eigenvalue weighted by atomic mass is 16.5. The summed E-state index contributed by atoms with van der Waals surface area (Å²) in [5.41, 5.74) is 9.24. The van der Waals surface area contributed by atoms with Crippen molar-refractivity contribution in [2.75, 3.05) is 7.11 Å². The van der Waals surface area contributed by atoms with Gasteiger partial charge in [-0.05, 0) is 17.5 Å². The van der Waals surface area contributed by atoms with Crippen LogP contribution in [-0.2, 0) is 6.42 Å². The van der Waals surface area contributed by atoms with E-state index >= 15 is 0 Å². The van der Waals surface area contributed by atoms with Gasteiger partial charge in [-0.15, -0.1) is 0 Å². The maximum Gasteiger partial charge on any atom is 0.237 e. The van der Waals surface area contributed by atoms with Gasteiger partial charge < -0.3 is 10.5 Å². The second kappa shape index (κ2) is 5.60.